The standard InChI is InChI=1S/C19H24BrN9O4/c1-4-28(5-2)10-13-15(23-27-29(13)18-17(21)25-33-26-18)19(31)24-22-9-11-7-12(20)16(30)14(8-11)32-6-3/h7-9,30H,4-6,10H2,1-3H3,(H2,21,25)(H,24,31)/p+1/b22-9+. The van der Waals surface area contributed by atoms with Crippen LogP contribution in [0.3, 0.4) is 0 Å². The number of amides is 1. The molecule has 0 aliphatic rings. The molecule has 0 fully saturated rings. The van der Waals surface area contributed by atoms with Gasteiger partial charge < -0.3 is 20.5 Å². The van der Waals surface area contributed by atoms with Crippen molar-refractivity contribution in [2.45, 2.75) is 27.3 Å². The fourth-order valence-electron chi connectivity index (χ4n) is 3.03. The Morgan fingerprint density at radius 1 is 1.36 bits per heavy atom. The maximum Gasteiger partial charge on any atom is 0.294 e. The van der Waals surface area contributed by atoms with Crippen LogP contribution in [0, 0.1) is 0 Å². The number of aromatic nitrogens is 5. The van der Waals surface area contributed by atoms with Crippen LogP contribution in [0.15, 0.2) is 26.3 Å². The number of ether oxygens (including phenoxy) is 1. The third-order valence-corrected chi connectivity index (χ3v) is 5.43. The number of nitrogen functional groups attached to an aromatic ring is 1. The first-order valence-electron chi connectivity index (χ1n) is 10.2. The van der Waals surface area contributed by atoms with E-state index in [1.807, 2.05) is 20.8 Å². The molecule has 13 nitrogen and oxygen atoms in total. The van der Waals surface area contributed by atoms with Gasteiger partial charge in [0, 0.05) is 0 Å². The lowest BCUT2D eigenvalue weighted by atomic mass is 10.2. The number of phenolic OH excluding ortho intramolecular Hbond substituents is 1. The van der Waals surface area contributed by atoms with E-state index < -0.39 is 5.91 Å². The molecule has 14 heteroatoms. The first kappa shape index (κ1) is 24.1. The molecular weight excluding hydrogens is 498 g/mol. The van der Waals surface area contributed by atoms with Gasteiger partial charge in [0.05, 0.1) is 30.4 Å². The average Bonchev–Trinajstić information content (AvgIpc) is 3.40. The molecule has 0 aliphatic carbocycles. The first-order valence-corrected chi connectivity index (χ1v) is 11.0. The molecule has 2 aromatic heterocycles. The molecular formula is C19H25BrN9O4+. The molecule has 3 rings (SSSR count). The maximum atomic E-state index is 12.9. The topological polar surface area (TPSA) is 171 Å². The third kappa shape index (κ3) is 5.46. The molecule has 1 aromatic carbocycles. The summed E-state index contributed by atoms with van der Waals surface area (Å²) in [5.74, 6) is -0.0876. The number of nitrogens with one attached hydrogen (secondary N) is 2. The number of anilines is 1. The second-order valence-electron chi connectivity index (χ2n) is 6.89. The molecule has 0 saturated heterocycles. The van der Waals surface area contributed by atoms with E-state index in [9.17, 15) is 9.90 Å². The summed E-state index contributed by atoms with van der Waals surface area (Å²) < 4.78 is 11.8. The second kappa shape index (κ2) is 10.9. The number of quaternary nitrogens is 1. The molecule has 33 heavy (non-hydrogen) atoms. The van der Waals surface area contributed by atoms with Crippen molar-refractivity contribution in [2.75, 3.05) is 25.4 Å². The second-order valence-corrected chi connectivity index (χ2v) is 7.74. The number of hydrazone groups is 1. The Morgan fingerprint density at radius 2 is 2.12 bits per heavy atom. The molecule has 0 aliphatic heterocycles. The zero-order valence-electron chi connectivity index (χ0n) is 18.4. The Kier molecular flexibility index (Phi) is 7.95. The van der Waals surface area contributed by atoms with Gasteiger partial charge in [0.2, 0.25) is 11.6 Å². The smallest absolute Gasteiger partial charge is 0.294 e. The zero-order chi connectivity index (χ0) is 24.0. The van der Waals surface area contributed by atoms with Crippen LogP contribution in [0.1, 0.15) is 42.5 Å². The van der Waals surface area contributed by atoms with Gasteiger partial charge in [0.1, 0.15) is 12.2 Å². The number of carbonyl (C=O) groups is 1. The van der Waals surface area contributed by atoms with E-state index in [-0.39, 0.29) is 23.1 Å². The fourth-order valence-corrected chi connectivity index (χ4v) is 3.49. The van der Waals surface area contributed by atoms with Crippen LogP contribution in [0.5, 0.6) is 11.5 Å². The van der Waals surface area contributed by atoms with Gasteiger partial charge in [-0.1, -0.05) is 5.21 Å². The highest BCUT2D eigenvalue weighted by Gasteiger charge is 2.26. The van der Waals surface area contributed by atoms with Crippen LogP contribution in [0.25, 0.3) is 5.82 Å². The molecule has 5 N–H and O–H groups in total. The van der Waals surface area contributed by atoms with Crippen molar-refractivity contribution in [3.63, 3.8) is 0 Å². The number of nitrogens with zero attached hydrogens (tertiary/aromatic N) is 6. The number of nitrogens with two attached hydrogens (primary N) is 1. The van der Waals surface area contributed by atoms with Crippen LogP contribution in [0.2, 0.25) is 0 Å². The van der Waals surface area contributed by atoms with E-state index >= 15 is 0 Å². The van der Waals surface area contributed by atoms with Crippen molar-refractivity contribution in [3.05, 3.63) is 33.6 Å². The number of benzene rings is 1. The van der Waals surface area contributed by atoms with E-state index in [1.165, 1.54) is 15.8 Å². The van der Waals surface area contributed by atoms with Crippen LogP contribution < -0.4 is 20.8 Å². The molecule has 0 saturated carbocycles. The van der Waals surface area contributed by atoms with Gasteiger partial charge in [-0.25, -0.2) is 10.1 Å². The molecule has 0 radical (unpaired) electrons. The normalized spacial score (nSPS) is 11.4. The zero-order valence-corrected chi connectivity index (χ0v) is 20.0. The van der Waals surface area contributed by atoms with Crippen molar-refractivity contribution in [2.24, 2.45) is 5.10 Å². The van der Waals surface area contributed by atoms with Gasteiger partial charge in [-0.2, -0.15) is 9.78 Å². The Balaban J connectivity index is 1.85. The van der Waals surface area contributed by atoms with Gasteiger partial charge in [-0.3, -0.25) is 4.79 Å². The third-order valence-electron chi connectivity index (χ3n) is 4.82. The first-order chi connectivity index (χ1) is 15.9. The molecule has 0 spiro atoms. The van der Waals surface area contributed by atoms with Crippen molar-refractivity contribution in [1.29, 1.82) is 0 Å². The molecule has 1 amide bonds. The lowest BCUT2D eigenvalue weighted by Gasteiger charge is -2.15. The highest BCUT2D eigenvalue weighted by molar-refractivity contribution is 9.10. The summed E-state index contributed by atoms with van der Waals surface area (Å²) in [6, 6.07) is 3.24. The Bertz CT molecular complexity index is 1140. The van der Waals surface area contributed by atoms with Gasteiger partial charge in [0.25, 0.3) is 5.91 Å². The number of hydrogen-bond acceptors (Lipinski definition) is 10. The minimum Gasteiger partial charge on any atom is -0.503 e. The van der Waals surface area contributed by atoms with Crippen molar-refractivity contribution in [3.8, 4) is 17.3 Å². The Hall–Kier alpha value is -3.52. The summed E-state index contributed by atoms with van der Waals surface area (Å²) in [6.07, 6.45) is 1.42. The van der Waals surface area contributed by atoms with Gasteiger partial charge in [-0.05, 0) is 64.7 Å². The number of hydrogen-bond donors (Lipinski definition) is 4. The highest BCUT2D eigenvalue weighted by Crippen LogP contribution is 2.35. The Morgan fingerprint density at radius 3 is 2.76 bits per heavy atom. The van der Waals surface area contributed by atoms with Crippen molar-refractivity contribution < 1.29 is 24.2 Å². The lowest BCUT2D eigenvalue weighted by molar-refractivity contribution is -0.910. The summed E-state index contributed by atoms with van der Waals surface area (Å²) in [5.41, 5.74) is 9.43. The van der Waals surface area contributed by atoms with Crippen LogP contribution >= 0.6 is 15.9 Å². The molecule has 0 bridgehead atoms. The number of rotatable bonds is 10. The summed E-state index contributed by atoms with van der Waals surface area (Å²) in [4.78, 5) is 14.0. The number of aromatic hydroxyl groups is 1. The van der Waals surface area contributed by atoms with Crippen molar-refractivity contribution >= 4 is 33.9 Å². The lowest BCUT2D eigenvalue weighted by Crippen LogP contribution is -3.10. The fraction of sp³-hybridized carbons (Fsp3) is 0.368. The largest absolute Gasteiger partial charge is 0.503 e. The predicted octanol–water partition coefficient (Wildman–Crippen LogP) is 0.288. The predicted molar refractivity (Wildman–Crippen MR) is 121 cm³/mol. The van der Waals surface area contributed by atoms with Crippen LogP contribution in [-0.2, 0) is 6.54 Å². The summed E-state index contributed by atoms with van der Waals surface area (Å²) in [7, 11) is 0. The van der Waals surface area contributed by atoms with E-state index in [0.29, 0.717) is 34.6 Å². The maximum absolute atomic E-state index is 12.9. The van der Waals surface area contributed by atoms with E-state index in [1.54, 1.807) is 12.1 Å². The van der Waals surface area contributed by atoms with E-state index in [2.05, 4.69) is 51.7 Å². The summed E-state index contributed by atoms with van der Waals surface area (Å²) in [6.45, 7) is 8.36. The minimum atomic E-state index is -0.558. The molecule has 0 unspecified atom stereocenters. The SMILES string of the molecule is CCOc1cc(/C=N/NC(=O)c2nnn(-c3nonc3N)c2C[NH+](CC)CC)cc(Br)c1O. The molecule has 176 valence electrons. The molecule has 0 atom stereocenters. The number of halogens is 1. The minimum absolute atomic E-state index is 0.0141. The van der Waals surface area contributed by atoms with Gasteiger partial charge >= 0.3 is 0 Å². The molecule has 3 aromatic rings. The number of phenols is 1. The number of carbonyl (C=O) groups excluding carboxylic acids is 1. The van der Waals surface area contributed by atoms with Crippen LogP contribution in [0.4, 0.5) is 5.82 Å². The quantitative estimate of drug-likeness (QED) is 0.215. The van der Waals surface area contributed by atoms with E-state index in [0.717, 1.165) is 13.1 Å². The summed E-state index contributed by atoms with van der Waals surface area (Å²) >= 11 is 3.27. The van der Waals surface area contributed by atoms with Gasteiger partial charge in [0.15, 0.2) is 17.2 Å². The Labute approximate surface area is 197 Å². The average molecular weight is 523 g/mol. The van der Waals surface area contributed by atoms with Crippen molar-refractivity contribution in [1.82, 2.24) is 30.7 Å². The monoisotopic (exact) mass is 522 g/mol. The van der Waals surface area contributed by atoms with Gasteiger partial charge in [-0.15, -0.1) is 5.10 Å². The highest BCUT2D eigenvalue weighted by atomic mass is 79.9. The van der Waals surface area contributed by atoms with Crippen LogP contribution in [-0.4, -0.2) is 62.2 Å². The summed E-state index contributed by atoms with van der Waals surface area (Å²) in [5, 5.41) is 29.4. The van der Waals surface area contributed by atoms with E-state index in [4.69, 9.17) is 10.5 Å². The molecule has 2 heterocycles.